The highest BCUT2D eigenvalue weighted by Gasteiger charge is 2.52. The SMILES string of the molecule is Cn1ncc(B2OC(C)(C)C(C)(C)O2)c1COCCO[Si](C)(C)C(C)(C)C. The molecular weight excluding hydrogens is 359 g/mol. The van der Waals surface area contributed by atoms with Gasteiger partial charge in [0.2, 0.25) is 0 Å². The third-order valence-corrected chi connectivity index (χ3v) is 10.9. The van der Waals surface area contributed by atoms with Crippen LogP contribution in [0.2, 0.25) is 18.1 Å². The standard InChI is InChI=1S/C19H37BN2O4Si/c1-17(2,3)27(9,10)24-12-11-23-14-16-15(13-21-22(16)8)20-25-18(4,5)19(6,7)26-20/h13H,11-12,14H2,1-10H3. The number of nitrogens with zero attached hydrogens (tertiary/aromatic N) is 2. The first-order chi connectivity index (χ1) is 12.2. The first kappa shape index (κ1) is 22.6. The molecule has 1 aromatic heterocycles. The Morgan fingerprint density at radius 1 is 1.11 bits per heavy atom. The van der Waals surface area contributed by atoms with Gasteiger partial charge >= 0.3 is 7.12 Å². The molecule has 1 aliphatic heterocycles. The molecule has 1 fully saturated rings. The van der Waals surface area contributed by atoms with Crippen LogP contribution < -0.4 is 5.46 Å². The monoisotopic (exact) mass is 396 g/mol. The largest absolute Gasteiger partial charge is 0.498 e. The van der Waals surface area contributed by atoms with Crippen molar-refractivity contribution in [2.75, 3.05) is 13.2 Å². The topological polar surface area (TPSA) is 54.7 Å². The molecule has 0 bridgehead atoms. The predicted molar refractivity (Wildman–Crippen MR) is 112 cm³/mol. The average molecular weight is 396 g/mol. The second-order valence-corrected chi connectivity index (χ2v) is 14.7. The molecule has 0 aromatic carbocycles. The van der Waals surface area contributed by atoms with Crippen LogP contribution in [-0.4, -0.2) is 49.6 Å². The van der Waals surface area contributed by atoms with Crippen molar-refractivity contribution in [1.82, 2.24) is 9.78 Å². The average Bonchev–Trinajstić information content (AvgIpc) is 2.95. The van der Waals surface area contributed by atoms with Crippen LogP contribution in [0, 0.1) is 0 Å². The summed E-state index contributed by atoms with van der Waals surface area (Å²) >= 11 is 0. The summed E-state index contributed by atoms with van der Waals surface area (Å²) in [5, 5.41) is 4.59. The fourth-order valence-corrected chi connectivity index (χ4v) is 3.59. The molecule has 154 valence electrons. The molecule has 2 rings (SSSR count). The summed E-state index contributed by atoms with van der Waals surface area (Å²) in [4.78, 5) is 0. The molecule has 0 saturated carbocycles. The summed E-state index contributed by atoms with van der Waals surface area (Å²) in [6, 6.07) is 0. The number of hydrogen-bond donors (Lipinski definition) is 0. The highest BCUT2D eigenvalue weighted by atomic mass is 28.4. The van der Waals surface area contributed by atoms with Gasteiger partial charge in [-0.2, -0.15) is 5.10 Å². The lowest BCUT2D eigenvalue weighted by Crippen LogP contribution is -2.41. The van der Waals surface area contributed by atoms with Gasteiger partial charge in [-0.25, -0.2) is 0 Å². The van der Waals surface area contributed by atoms with Crippen molar-refractivity contribution in [2.24, 2.45) is 7.05 Å². The van der Waals surface area contributed by atoms with Crippen LogP contribution in [0.4, 0.5) is 0 Å². The van der Waals surface area contributed by atoms with Gasteiger partial charge in [-0.1, -0.05) is 20.8 Å². The van der Waals surface area contributed by atoms with Crippen molar-refractivity contribution in [3.05, 3.63) is 11.9 Å². The lowest BCUT2D eigenvalue weighted by Gasteiger charge is -2.36. The third kappa shape index (κ3) is 4.85. The molecule has 0 radical (unpaired) electrons. The van der Waals surface area contributed by atoms with Crippen molar-refractivity contribution >= 4 is 20.9 Å². The summed E-state index contributed by atoms with van der Waals surface area (Å²) in [5.41, 5.74) is 1.16. The summed E-state index contributed by atoms with van der Waals surface area (Å²) in [6.45, 7) is 21.1. The Kier molecular flexibility index (Phi) is 6.39. The Labute approximate surface area is 166 Å². The van der Waals surface area contributed by atoms with E-state index in [4.69, 9.17) is 18.5 Å². The van der Waals surface area contributed by atoms with Gasteiger partial charge in [-0.05, 0) is 45.8 Å². The minimum absolute atomic E-state index is 0.207. The summed E-state index contributed by atoms with van der Waals surface area (Å²) < 4.78 is 26.2. The zero-order valence-electron chi connectivity index (χ0n) is 18.8. The van der Waals surface area contributed by atoms with Gasteiger partial charge in [0.25, 0.3) is 0 Å². The number of aromatic nitrogens is 2. The Morgan fingerprint density at radius 2 is 1.67 bits per heavy atom. The molecule has 0 amide bonds. The van der Waals surface area contributed by atoms with Crippen molar-refractivity contribution in [2.45, 2.75) is 84.4 Å². The van der Waals surface area contributed by atoms with Crippen molar-refractivity contribution in [1.29, 1.82) is 0 Å². The van der Waals surface area contributed by atoms with Crippen LogP contribution >= 0.6 is 0 Å². The van der Waals surface area contributed by atoms with Crippen LogP contribution in [-0.2, 0) is 32.1 Å². The molecule has 8 heteroatoms. The Hall–Kier alpha value is -0.668. The van der Waals surface area contributed by atoms with E-state index in [-0.39, 0.29) is 16.2 Å². The van der Waals surface area contributed by atoms with E-state index >= 15 is 0 Å². The molecule has 1 aliphatic rings. The van der Waals surface area contributed by atoms with E-state index < -0.39 is 15.4 Å². The van der Waals surface area contributed by atoms with Crippen LogP contribution in [0.5, 0.6) is 0 Å². The second-order valence-electron chi connectivity index (χ2n) is 9.92. The second kappa shape index (κ2) is 7.63. The first-order valence-electron chi connectivity index (χ1n) is 9.76. The summed E-state index contributed by atoms with van der Waals surface area (Å²) in [6.07, 6.45) is 1.81. The lowest BCUT2D eigenvalue weighted by atomic mass is 9.79. The highest BCUT2D eigenvalue weighted by molar-refractivity contribution is 6.74. The smallest absolute Gasteiger partial charge is 0.414 e. The molecule has 0 unspecified atom stereocenters. The molecule has 27 heavy (non-hydrogen) atoms. The zero-order chi connectivity index (χ0) is 20.7. The zero-order valence-corrected chi connectivity index (χ0v) is 19.8. The van der Waals surface area contributed by atoms with Gasteiger partial charge in [0.15, 0.2) is 8.32 Å². The maximum absolute atomic E-state index is 6.17. The predicted octanol–water partition coefficient (Wildman–Crippen LogP) is 3.26. The molecule has 0 atom stereocenters. The maximum Gasteiger partial charge on any atom is 0.498 e. The van der Waals surface area contributed by atoms with E-state index in [1.165, 1.54) is 0 Å². The molecular formula is C19H37BN2O4Si. The van der Waals surface area contributed by atoms with Gasteiger partial charge < -0.3 is 18.5 Å². The summed E-state index contributed by atoms with van der Waals surface area (Å²) in [5.74, 6) is 0. The summed E-state index contributed by atoms with van der Waals surface area (Å²) in [7, 11) is -0.243. The third-order valence-electron chi connectivity index (χ3n) is 6.34. The van der Waals surface area contributed by atoms with Crippen LogP contribution in [0.25, 0.3) is 0 Å². The van der Waals surface area contributed by atoms with E-state index in [1.54, 1.807) is 0 Å². The highest BCUT2D eigenvalue weighted by Crippen LogP contribution is 2.37. The van der Waals surface area contributed by atoms with Gasteiger partial charge in [-0.3, -0.25) is 4.68 Å². The van der Waals surface area contributed by atoms with E-state index in [1.807, 2.05) is 17.9 Å². The van der Waals surface area contributed by atoms with E-state index in [0.717, 1.165) is 11.2 Å². The molecule has 0 aliphatic carbocycles. The van der Waals surface area contributed by atoms with Gasteiger partial charge in [0.05, 0.1) is 36.7 Å². The van der Waals surface area contributed by atoms with E-state index in [0.29, 0.717) is 19.8 Å². The molecule has 2 heterocycles. The Balaban J connectivity index is 1.93. The van der Waals surface area contributed by atoms with Crippen LogP contribution in [0.1, 0.15) is 54.2 Å². The maximum atomic E-state index is 6.17. The van der Waals surface area contributed by atoms with Crippen molar-refractivity contribution < 1.29 is 18.5 Å². The normalized spacial score (nSPS) is 19.7. The van der Waals surface area contributed by atoms with Crippen molar-refractivity contribution in [3.8, 4) is 0 Å². The van der Waals surface area contributed by atoms with E-state index in [9.17, 15) is 0 Å². The first-order valence-corrected chi connectivity index (χ1v) is 12.7. The fraction of sp³-hybridized carbons (Fsp3) is 0.842. The number of ether oxygens (including phenoxy) is 1. The quantitative estimate of drug-likeness (QED) is 0.523. The van der Waals surface area contributed by atoms with Gasteiger partial charge in [0.1, 0.15) is 0 Å². The minimum Gasteiger partial charge on any atom is -0.414 e. The molecule has 1 aromatic rings. The number of aryl methyl sites for hydroxylation is 1. The Bertz CT molecular complexity index is 637. The van der Waals surface area contributed by atoms with Crippen molar-refractivity contribution in [3.63, 3.8) is 0 Å². The molecule has 0 spiro atoms. The lowest BCUT2D eigenvalue weighted by molar-refractivity contribution is 0.00578. The van der Waals surface area contributed by atoms with Gasteiger partial charge in [0, 0.05) is 18.7 Å². The molecule has 0 N–H and O–H groups in total. The van der Waals surface area contributed by atoms with Gasteiger partial charge in [-0.15, -0.1) is 0 Å². The Morgan fingerprint density at radius 3 is 2.19 bits per heavy atom. The minimum atomic E-state index is -1.73. The van der Waals surface area contributed by atoms with E-state index in [2.05, 4.69) is 66.7 Å². The fourth-order valence-electron chi connectivity index (χ4n) is 2.56. The number of hydrogen-bond acceptors (Lipinski definition) is 5. The van der Waals surface area contributed by atoms with Crippen LogP contribution in [0.3, 0.4) is 0 Å². The van der Waals surface area contributed by atoms with Crippen LogP contribution in [0.15, 0.2) is 6.20 Å². The molecule has 1 saturated heterocycles. The number of rotatable bonds is 7. The molecule has 6 nitrogen and oxygen atoms in total.